The summed E-state index contributed by atoms with van der Waals surface area (Å²) in [5.74, 6) is 0.849. The van der Waals surface area contributed by atoms with E-state index in [1.807, 2.05) is 31.2 Å². The fourth-order valence-corrected chi connectivity index (χ4v) is 5.25. The van der Waals surface area contributed by atoms with Crippen molar-refractivity contribution in [3.63, 3.8) is 0 Å². The molecule has 0 spiro atoms. The van der Waals surface area contributed by atoms with Gasteiger partial charge < -0.3 is 18.5 Å². The molecule has 1 aromatic carbocycles. The quantitative estimate of drug-likeness (QED) is 0.340. The van der Waals surface area contributed by atoms with E-state index in [1.54, 1.807) is 40.3 Å². The van der Waals surface area contributed by atoms with E-state index in [0.717, 1.165) is 38.4 Å². The van der Waals surface area contributed by atoms with Crippen LogP contribution in [0.4, 0.5) is 0 Å². The number of ether oxygens (including phenoxy) is 2. The topological polar surface area (TPSA) is 83.6 Å². The van der Waals surface area contributed by atoms with Gasteiger partial charge in [-0.1, -0.05) is 18.2 Å². The lowest BCUT2D eigenvalue weighted by molar-refractivity contribution is -0.155. The molecule has 4 rings (SSSR count). The zero-order valence-corrected chi connectivity index (χ0v) is 20.8. The number of methoxy groups -OCH3 is 1. The van der Waals surface area contributed by atoms with Crippen molar-refractivity contribution in [2.75, 3.05) is 7.11 Å². The molecule has 0 N–H and O–H groups in total. The second-order valence-electron chi connectivity index (χ2n) is 9.08. The molecule has 4 aromatic rings. The SMILES string of the molecule is COc1ccccc1CCc1cn(CC(=O)OC(C)(C)C)c(=O)c2c(C)c(-c3ncco3)sc12. The minimum Gasteiger partial charge on any atom is -0.496 e. The van der Waals surface area contributed by atoms with Crippen LogP contribution in [-0.2, 0) is 28.9 Å². The number of aromatic nitrogens is 2. The Kier molecular flexibility index (Phi) is 6.61. The molecule has 178 valence electrons. The number of pyridine rings is 1. The molecule has 0 aliphatic heterocycles. The third kappa shape index (κ3) is 4.92. The van der Waals surface area contributed by atoms with Crippen molar-refractivity contribution in [1.82, 2.24) is 9.55 Å². The summed E-state index contributed by atoms with van der Waals surface area (Å²) in [5.41, 5.74) is 1.98. The molecule has 0 saturated carbocycles. The number of thiophene rings is 1. The summed E-state index contributed by atoms with van der Waals surface area (Å²) in [6.45, 7) is 7.16. The average molecular weight is 481 g/mol. The van der Waals surface area contributed by atoms with Crippen molar-refractivity contribution in [2.24, 2.45) is 0 Å². The number of para-hydroxylation sites is 1. The second-order valence-corrected chi connectivity index (χ2v) is 10.1. The molecule has 0 atom stereocenters. The van der Waals surface area contributed by atoms with Gasteiger partial charge in [0.05, 0.1) is 23.6 Å². The number of oxazole rings is 1. The molecule has 0 radical (unpaired) electrons. The summed E-state index contributed by atoms with van der Waals surface area (Å²) in [5, 5.41) is 0.583. The standard InChI is InChI=1S/C26H28N2O5S/c1-16-21-23(34-22(16)24-27-12-13-32-24)18(11-10-17-8-6-7-9-19(17)31-5)14-28(25(21)30)15-20(29)33-26(2,3)4/h6-9,12-14H,10-11,15H2,1-5H3. The normalized spacial score (nSPS) is 11.7. The van der Waals surface area contributed by atoms with E-state index >= 15 is 0 Å². The number of hydrogen-bond acceptors (Lipinski definition) is 7. The van der Waals surface area contributed by atoms with Crippen molar-refractivity contribution < 1.29 is 18.7 Å². The first-order valence-electron chi connectivity index (χ1n) is 11.1. The Bertz CT molecular complexity index is 1380. The maximum Gasteiger partial charge on any atom is 0.326 e. The highest BCUT2D eigenvalue weighted by Crippen LogP contribution is 2.38. The van der Waals surface area contributed by atoms with Gasteiger partial charge >= 0.3 is 5.97 Å². The van der Waals surface area contributed by atoms with Gasteiger partial charge in [0.1, 0.15) is 24.2 Å². The molecule has 8 heteroatoms. The molecule has 0 aliphatic carbocycles. The molecule has 3 aromatic heterocycles. The molecule has 0 unspecified atom stereocenters. The largest absolute Gasteiger partial charge is 0.496 e. The number of carbonyl (C=O) groups excluding carboxylic acids is 1. The van der Waals surface area contributed by atoms with Crippen molar-refractivity contribution >= 4 is 27.4 Å². The van der Waals surface area contributed by atoms with E-state index in [-0.39, 0.29) is 12.1 Å². The van der Waals surface area contributed by atoms with Crippen LogP contribution in [0, 0.1) is 6.92 Å². The van der Waals surface area contributed by atoms with E-state index in [2.05, 4.69) is 4.98 Å². The van der Waals surface area contributed by atoms with Gasteiger partial charge in [0.15, 0.2) is 0 Å². The van der Waals surface area contributed by atoms with Crippen LogP contribution >= 0.6 is 11.3 Å². The van der Waals surface area contributed by atoms with Crippen LogP contribution in [0.2, 0.25) is 0 Å². The Morgan fingerprint density at radius 3 is 2.59 bits per heavy atom. The first-order valence-corrected chi connectivity index (χ1v) is 11.9. The molecule has 3 heterocycles. The Balaban J connectivity index is 1.80. The lowest BCUT2D eigenvalue weighted by Gasteiger charge is -2.20. The van der Waals surface area contributed by atoms with Crippen molar-refractivity contribution in [3.05, 3.63) is 70.0 Å². The van der Waals surface area contributed by atoms with Crippen LogP contribution in [0.1, 0.15) is 37.5 Å². The average Bonchev–Trinajstić information content (AvgIpc) is 3.42. The van der Waals surface area contributed by atoms with Crippen molar-refractivity contribution in [2.45, 2.75) is 52.7 Å². The fourth-order valence-electron chi connectivity index (χ4n) is 3.97. The Labute approximate surface area is 202 Å². The van der Waals surface area contributed by atoms with Gasteiger partial charge in [0, 0.05) is 10.9 Å². The van der Waals surface area contributed by atoms with Crippen LogP contribution < -0.4 is 10.3 Å². The minimum atomic E-state index is -0.631. The maximum absolute atomic E-state index is 13.5. The van der Waals surface area contributed by atoms with Gasteiger partial charge in [0.2, 0.25) is 5.89 Å². The van der Waals surface area contributed by atoms with E-state index in [1.165, 1.54) is 22.2 Å². The van der Waals surface area contributed by atoms with Gasteiger partial charge in [-0.2, -0.15) is 0 Å². The first kappa shape index (κ1) is 23.8. The third-order valence-electron chi connectivity index (χ3n) is 5.43. The first-order chi connectivity index (χ1) is 16.2. The second kappa shape index (κ2) is 9.46. The zero-order chi connectivity index (χ0) is 24.5. The number of rotatable bonds is 7. The molecular formula is C26H28N2O5S. The lowest BCUT2D eigenvalue weighted by atomic mass is 10.0. The highest BCUT2D eigenvalue weighted by molar-refractivity contribution is 7.22. The Morgan fingerprint density at radius 1 is 1.18 bits per heavy atom. The minimum absolute atomic E-state index is 0.155. The van der Waals surface area contributed by atoms with Gasteiger partial charge in [-0.3, -0.25) is 9.59 Å². The highest BCUT2D eigenvalue weighted by atomic mass is 32.1. The number of aryl methyl sites for hydroxylation is 3. The monoisotopic (exact) mass is 480 g/mol. The van der Waals surface area contributed by atoms with E-state index in [4.69, 9.17) is 13.9 Å². The molecule has 0 saturated heterocycles. The number of nitrogens with zero attached hydrogens (tertiary/aromatic N) is 2. The molecule has 0 amide bonds. The van der Waals surface area contributed by atoms with Gasteiger partial charge in [-0.25, -0.2) is 4.98 Å². The van der Waals surface area contributed by atoms with E-state index in [0.29, 0.717) is 17.7 Å². The summed E-state index contributed by atoms with van der Waals surface area (Å²) in [4.78, 5) is 31.1. The maximum atomic E-state index is 13.5. The van der Waals surface area contributed by atoms with Crippen LogP contribution in [0.3, 0.4) is 0 Å². The number of carbonyl (C=O) groups is 1. The van der Waals surface area contributed by atoms with Crippen LogP contribution in [-0.4, -0.2) is 28.2 Å². The molecular weight excluding hydrogens is 452 g/mol. The van der Waals surface area contributed by atoms with Gasteiger partial charge in [-0.05, 0) is 63.3 Å². The fraction of sp³-hybridized carbons (Fsp3) is 0.346. The summed E-state index contributed by atoms with van der Waals surface area (Å²) in [6, 6.07) is 7.88. The number of esters is 1. The molecule has 34 heavy (non-hydrogen) atoms. The predicted octanol–water partition coefficient (Wildman–Crippen LogP) is 5.16. The molecule has 7 nitrogen and oxygen atoms in total. The number of fused-ring (bicyclic) bond motifs is 1. The van der Waals surface area contributed by atoms with E-state index in [9.17, 15) is 9.59 Å². The smallest absolute Gasteiger partial charge is 0.326 e. The van der Waals surface area contributed by atoms with Crippen LogP contribution in [0.25, 0.3) is 20.9 Å². The number of benzene rings is 1. The summed E-state index contributed by atoms with van der Waals surface area (Å²) in [7, 11) is 1.66. The summed E-state index contributed by atoms with van der Waals surface area (Å²) in [6.07, 6.45) is 6.26. The van der Waals surface area contributed by atoms with Crippen LogP contribution in [0.15, 0.2) is 52.1 Å². The zero-order valence-electron chi connectivity index (χ0n) is 20.0. The Hall–Kier alpha value is -3.39. The summed E-state index contributed by atoms with van der Waals surface area (Å²) < 4.78 is 18.8. The third-order valence-corrected chi connectivity index (χ3v) is 6.78. The number of hydrogen-bond donors (Lipinski definition) is 0. The van der Waals surface area contributed by atoms with Crippen molar-refractivity contribution in [1.29, 1.82) is 0 Å². The molecule has 0 aliphatic rings. The van der Waals surface area contributed by atoms with Crippen molar-refractivity contribution in [3.8, 4) is 16.5 Å². The predicted molar refractivity (Wildman–Crippen MR) is 133 cm³/mol. The van der Waals surface area contributed by atoms with Gasteiger partial charge in [0.25, 0.3) is 5.56 Å². The Morgan fingerprint density at radius 2 is 1.91 bits per heavy atom. The highest BCUT2D eigenvalue weighted by Gasteiger charge is 2.23. The molecule has 0 fully saturated rings. The lowest BCUT2D eigenvalue weighted by Crippen LogP contribution is -2.30. The van der Waals surface area contributed by atoms with Crippen LogP contribution in [0.5, 0.6) is 5.75 Å². The van der Waals surface area contributed by atoms with Gasteiger partial charge in [-0.15, -0.1) is 11.3 Å². The summed E-state index contributed by atoms with van der Waals surface area (Å²) >= 11 is 1.49. The molecule has 0 bridgehead atoms. The van der Waals surface area contributed by atoms with E-state index < -0.39 is 11.6 Å².